The summed E-state index contributed by atoms with van der Waals surface area (Å²) in [6.45, 7) is -0.113. The molecule has 5 rings (SSSR count). The molecular weight excluding hydrogens is 560 g/mol. The van der Waals surface area contributed by atoms with Crippen molar-refractivity contribution in [3.8, 4) is 0 Å². The van der Waals surface area contributed by atoms with E-state index in [0.29, 0.717) is 6.42 Å². The number of nitrogens with zero attached hydrogens (tertiary/aromatic N) is 1. The Hall–Kier alpha value is -3.45. The molecule has 1 aliphatic carbocycles. The number of hydrogen-bond acceptors (Lipinski definition) is 8. The molecule has 2 heterocycles. The van der Waals surface area contributed by atoms with Gasteiger partial charge in [0.25, 0.3) is 5.56 Å². The highest BCUT2D eigenvalue weighted by atomic mass is 32.2. The van der Waals surface area contributed by atoms with Gasteiger partial charge in [-0.3, -0.25) is 18.6 Å². The van der Waals surface area contributed by atoms with Gasteiger partial charge in [0.1, 0.15) is 23.1 Å². The van der Waals surface area contributed by atoms with E-state index in [2.05, 4.69) is 4.98 Å². The third-order valence-corrected chi connectivity index (χ3v) is 9.15. The van der Waals surface area contributed by atoms with Crippen LogP contribution in [-0.2, 0) is 35.3 Å². The topological polar surface area (TPSA) is 129 Å². The minimum absolute atomic E-state index is 0.113. The van der Waals surface area contributed by atoms with Crippen molar-refractivity contribution in [2.75, 3.05) is 27.1 Å². The number of aliphatic hydroxyl groups excluding tert-OH is 1. The van der Waals surface area contributed by atoms with Crippen molar-refractivity contribution in [3.63, 3.8) is 0 Å². The quantitative estimate of drug-likeness (QED) is 0.343. The van der Waals surface area contributed by atoms with E-state index in [9.17, 15) is 18.9 Å². The van der Waals surface area contributed by atoms with E-state index in [1.807, 2.05) is 78.9 Å². The van der Waals surface area contributed by atoms with Gasteiger partial charge in [0.2, 0.25) is 0 Å². The maximum Gasteiger partial charge on any atom is 0.330 e. The molecule has 2 aromatic carbocycles. The van der Waals surface area contributed by atoms with E-state index in [0.717, 1.165) is 21.3 Å². The van der Waals surface area contributed by atoms with Gasteiger partial charge in [-0.15, -0.1) is 0 Å². The number of ether oxygens (including phenoxy) is 4. The maximum absolute atomic E-state index is 12.8. The van der Waals surface area contributed by atoms with Crippen LogP contribution in [0.3, 0.4) is 0 Å². The molecule has 1 aromatic heterocycles. The smallest absolute Gasteiger partial charge is 0.330 e. The summed E-state index contributed by atoms with van der Waals surface area (Å²) in [6.07, 6.45) is 5.65. The Balaban J connectivity index is 1.56. The second-order valence-corrected chi connectivity index (χ2v) is 11.7. The number of methoxy groups -OCH3 is 2. The summed E-state index contributed by atoms with van der Waals surface area (Å²) in [5, 5.41) is 10.4. The zero-order valence-corrected chi connectivity index (χ0v) is 24.4. The number of aliphatic hydroxyl groups is 1. The second kappa shape index (κ2) is 12.4. The van der Waals surface area contributed by atoms with Gasteiger partial charge >= 0.3 is 5.69 Å². The largest absolute Gasteiger partial charge is 0.389 e. The first-order valence-electron chi connectivity index (χ1n) is 13.5. The summed E-state index contributed by atoms with van der Waals surface area (Å²) in [7, 11) is 1.59. The Labute approximate surface area is 245 Å². The first kappa shape index (κ1) is 30.0. The number of benzene rings is 2. The van der Waals surface area contributed by atoms with E-state index in [4.69, 9.17) is 18.9 Å². The van der Waals surface area contributed by atoms with Crippen LogP contribution >= 0.6 is 0 Å². The number of aromatic amines is 1. The molecule has 0 radical (unpaired) electrons. The van der Waals surface area contributed by atoms with Crippen LogP contribution in [0.1, 0.15) is 23.8 Å². The zero-order chi connectivity index (χ0) is 29.9. The van der Waals surface area contributed by atoms with E-state index in [-0.39, 0.29) is 6.61 Å². The Morgan fingerprint density at radius 2 is 1.67 bits per heavy atom. The Kier molecular flexibility index (Phi) is 8.88. The third-order valence-electron chi connectivity index (χ3n) is 7.87. The number of nitrogens with one attached hydrogen (secondary N) is 1. The molecule has 1 unspecified atom stereocenters. The summed E-state index contributed by atoms with van der Waals surface area (Å²) in [5.74, 6) is -0.914. The average molecular weight is 595 g/mol. The van der Waals surface area contributed by atoms with Gasteiger partial charge in [0, 0.05) is 50.0 Å². The van der Waals surface area contributed by atoms with Crippen molar-refractivity contribution in [1.82, 2.24) is 9.55 Å². The van der Waals surface area contributed by atoms with E-state index in [1.54, 1.807) is 14.2 Å². The molecular formula is C31H34N2O8S. The predicted octanol–water partition coefficient (Wildman–Crippen LogP) is 2.38. The molecule has 10 nitrogen and oxygen atoms in total. The van der Waals surface area contributed by atoms with Crippen LogP contribution in [0.5, 0.6) is 0 Å². The summed E-state index contributed by atoms with van der Waals surface area (Å²) >= 11 is 0. The molecule has 3 aromatic rings. The zero-order valence-electron chi connectivity index (χ0n) is 23.5. The van der Waals surface area contributed by atoms with Crippen LogP contribution in [0.2, 0.25) is 0 Å². The average Bonchev–Trinajstić information content (AvgIpc) is 3.34. The lowest BCUT2D eigenvalue weighted by atomic mass is 9.77. The number of H-pyrrole nitrogens is 1. The SMILES string of the molecule is COC1(OC)C=CC(C(OC[C@H]2O[C@@H](n3ccc(=O)[nH]c3=O)[C@H](S(C)=O)[C@@H]2O)(c2ccccc2)c2ccccc2)=CC1. The van der Waals surface area contributed by atoms with Crippen LogP contribution in [0, 0.1) is 0 Å². The van der Waals surface area contributed by atoms with Crippen molar-refractivity contribution >= 4 is 10.8 Å². The normalized spacial score (nSPS) is 24.3. The van der Waals surface area contributed by atoms with Crippen molar-refractivity contribution in [2.45, 2.75) is 41.5 Å². The minimum atomic E-state index is -1.58. The second-order valence-electron chi connectivity index (χ2n) is 10.2. The van der Waals surface area contributed by atoms with Gasteiger partial charge in [-0.25, -0.2) is 4.79 Å². The van der Waals surface area contributed by atoms with Gasteiger partial charge in [-0.2, -0.15) is 0 Å². The van der Waals surface area contributed by atoms with Crippen molar-refractivity contribution in [1.29, 1.82) is 0 Å². The third kappa shape index (κ3) is 5.51. The van der Waals surface area contributed by atoms with Gasteiger partial charge in [0.15, 0.2) is 12.0 Å². The Bertz CT molecular complexity index is 1540. The fraction of sp³-hybridized carbons (Fsp3) is 0.355. The van der Waals surface area contributed by atoms with Gasteiger partial charge in [0.05, 0.1) is 6.61 Å². The molecule has 0 saturated carbocycles. The van der Waals surface area contributed by atoms with Crippen molar-refractivity contribution in [2.24, 2.45) is 0 Å². The minimum Gasteiger partial charge on any atom is -0.389 e. The van der Waals surface area contributed by atoms with E-state index >= 15 is 0 Å². The Morgan fingerprint density at radius 1 is 1.05 bits per heavy atom. The highest BCUT2D eigenvalue weighted by molar-refractivity contribution is 7.85. The lowest BCUT2D eigenvalue weighted by Crippen LogP contribution is -2.42. The van der Waals surface area contributed by atoms with Crippen molar-refractivity contribution in [3.05, 3.63) is 129 Å². The van der Waals surface area contributed by atoms with E-state index in [1.165, 1.54) is 18.5 Å². The predicted molar refractivity (Wildman–Crippen MR) is 157 cm³/mol. The highest BCUT2D eigenvalue weighted by Crippen LogP contribution is 2.45. The molecule has 2 aliphatic rings. The number of hydrogen-bond donors (Lipinski definition) is 2. The van der Waals surface area contributed by atoms with Crippen LogP contribution in [0.4, 0.5) is 0 Å². The van der Waals surface area contributed by atoms with E-state index < -0.39 is 57.1 Å². The first-order valence-corrected chi connectivity index (χ1v) is 15.1. The number of aromatic nitrogens is 2. The molecule has 2 N–H and O–H groups in total. The molecule has 42 heavy (non-hydrogen) atoms. The lowest BCUT2D eigenvalue weighted by molar-refractivity contribution is -0.168. The standard InChI is InChI=1S/C31H34N2O8S/c1-38-30(39-2)17-14-23(15-18-30)31(21-10-6-4-7-11-21,22-12-8-5-9-13-22)40-20-24-26(35)27(42(3)37)28(41-24)33-19-16-25(34)32-29(33)36/h4-17,19,24,26-28,35H,18,20H2,1-3H3,(H,32,34,36)/t24-,26-,27-,28-,42?/m1/s1. The molecule has 1 aliphatic heterocycles. The van der Waals surface area contributed by atoms with Crippen LogP contribution in [0.25, 0.3) is 0 Å². The molecule has 222 valence electrons. The van der Waals surface area contributed by atoms with Crippen molar-refractivity contribution < 1.29 is 28.3 Å². The first-order chi connectivity index (χ1) is 20.2. The summed E-state index contributed by atoms with van der Waals surface area (Å²) < 4.78 is 38.2. The van der Waals surface area contributed by atoms with Gasteiger partial charge < -0.3 is 24.1 Å². The molecule has 11 heteroatoms. The summed E-state index contributed by atoms with van der Waals surface area (Å²) in [6, 6.07) is 20.6. The number of rotatable bonds is 10. The molecule has 1 saturated heterocycles. The lowest BCUT2D eigenvalue weighted by Gasteiger charge is -2.40. The molecule has 5 atom stereocenters. The highest BCUT2D eigenvalue weighted by Gasteiger charge is 2.49. The van der Waals surface area contributed by atoms with Crippen LogP contribution in [-0.4, -0.2) is 69.2 Å². The molecule has 0 bridgehead atoms. The van der Waals surface area contributed by atoms with Crippen LogP contribution in [0.15, 0.2) is 106 Å². The van der Waals surface area contributed by atoms with Gasteiger partial charge in [-0.05, 0) is 22.8 Å². The fourth-order valence-electron chi connectivity index (χ4n) is 5.62. The molecule has 1 fully saturated rings. The van der Waals surface area contributed by atoms with Gasteiger partial charge in [-0.1, -0.05) is 72.8 Å². The maximum atomic E-state index is 12.8. The molecule has 0 spiro atoms. The summed E-state index contributed by atoms with van der Waals surface area (Å²) in [4.78, 5) is 26.4. The summed E-state index contributed by atoms with van der Waals surface area (Å²) in [5.41, 5.74) is 0.0674. The molecule has 0 amide bonds. The Morgan fingerprint density at radius 3 is 2.17 bits per heavy atom. The fourth-order valence-corrected chi connectivity index (χ4v) is 6.71. The monoisotopic (exact) mass is 594 g/mol. The van der Waals surface area contributed by atoms with Crippen LogP contribution < -0.4 is 11.2 Å².